The van der Waals surface area contributed by atoms with Crippen molar-refractivity contribution >= 4 is 11.9 Å². The summed E-state index contributed by atoms with van der Waals surface area (Å²) in [6.45, 7) is 1.66. The molecule has 0 bridgehead atoms. The molecule has 16 heavy (non-hydrogen) atoms. The predicted molar refractivity (Wildman–Crippen MR) is 58.0 cm³/mol. The molecule has 1 aromatic carbocycles. The number of hydrogen-bond donors (Lipinski definition) is 1. The zero-order valence-electron chi connectivity index (χ0n) is 9.05. The normalized spacial score (nSPS) is 11.8. The van der Waals surface area contributed by atoms with Crippen molar-refractivity contribution in [1.82, 2.24) is 0 Å². The Labute approximate surface area is 93.9 Å². The fourth-order valence-electron chi connectivity index (χ4n) is 1.27. The summed E-state index contributed by atoms with van der Waals surface area (Å²) in [5.74, 6) is -1.62. The van der Waals surface area contributed by atoms with E-state index in [2.05, 4.69) is 0 Å². The number of carbonyl (C=O) groups excluding carboxylic acids is 1. The van der Waals surface area contributed by atoms with Crippen LogP contribution in [0.15, 0.2) is 30.3 Å². The van der Waals surface area contributed by atoms with Crippen LogP contribution in [-0.2, 0) is 20.7 Å². The monoisotopic (exact) mass is 222 g/mol. The van der Waals surface area contributed by atoms with E-state index in [1.165, 1.54) is 0 Å². The molecule has 1 atom stereocenters. The van der Waals surface area contributed by atoms with E-state index in [1.54, 1.807) is 19.1 Å². The second kappa shape index (κ2) is 5.90. The van der Waals surface area contributed by atoms with Crippen molar-refractivity contribution in [2.45, 2.75) is 25.9 Å². The summed E-state index contributed by atoms with van der Waals surface area (Å²) >= 11 is 0. The third-order valence-corrected chi connectivity index (χ3v) is 2.11. The average Bonchev–Trinajstić information content (AvgIpc) is 2.27. The Balaban J connectivity index is 2.50. The molecule has 0 fully saturated rings. The molecule has 4 heteroatoms. The van der Waals surface area contributed by atoms with Crippen LogP contribution in [0.3, 0.4) is 0 Å². The van der Waals surface area contributed by atoms with Gasteiger partial charge in [-0.3, -0.25) is 4.79 Å². The average molecular weight is 222 g/mol. The van der Waals surface area contributed by atoms with E-state index in [4.69, 9.17) is 9.84 Å². The number of hydrogen-bond acceptors (Lipinski definition) is 3. The van der Waals surface area contributed by atoms with Crippen LogP contribution in [0.25, 0.3) is 0 Å². The minimum atomic E-state index is -1.11. The fraction of sp³-hybridized carbons (Fsp3) is 0.333. The maximum atomic E-state index is 11.4. The van der Waals surface area contributed by atoms with E-state index in [1.807, 2.05) is 18.2 Å². The molecule has 0 spiro atoms. The molecule has 0 aromatic heterocycles. The standard InChI is InChI=1S/C12H14O4/c1-2-10(12(14)15)16-11(13)8-9-6-4-3-5-7-9/h3-7,10H,2,8H2,1H3,(H,14,15)/t10-/m0/s1. The van der Waals surface area contributed by atoms with Gasteiger partial charge >= 0.3 is 11.9 Å². The van der Waals surface area contributed by atoms with Gasteiger partial charge in [0.2, 0.25) is 0 Å². The summed E-state index contributed by atoms with van der Waals surface area (Å²) < 4.78 is 4.83. The Morgan fingerprint density at radius 2 is 1.94 bits per heavy atom. The Bertz CT molecular complexity index is 359. The lowest BCUT2D eigenvalue weighted by atomic mass is 10.1. The van der Waals surface area contributed by atoms with Crippen LogP contribution in [0.1, 0.15) is 18.9 Å². The number of ether oxygens (including phenoxy) is 1. The fourth-order valence-corrected chi connectivity index (χ4v) is 1.27. The van der Waals surface area contributed by atoms with Gasteiger partial charge in [0.05, 0.1) is 6.42 Å². The van der Waals surface area contributed by atoms with Gasteiger partial charge in [-0.1, -0.05) is 37.3 Å². The lowest BCUT2D eigenvalue weighted by Gasteiger charge is -2.11. The van der Waals surface area contributed by atoms with Gasteiger partial charge in [-0.15, -0.1) is 0 Å². The molecule has 0 saturated carbocycles. The smallest absolute Gasteiger partial charge is 0.345 e. The number of rotatable bonds is 5. The van der Waals surface area contributed by atoms with Crippen molar-refractivity contribution in [2.24, 2.45) is 0 Å². The van der Waals surface area contributed by atoms with Gasteiger partial charge in [-0.25, -0.2) is 4.79 Å². The number of benzene rings is 1. The first-order valence-electron chi connectivity index (χ1n) is 5.09. The number of carbonyl (C=O) groups is 2. The van der Waals surface area contributed by atoms with Crippen molar-refractivity contribution < 1.29 is 19.4 Å². The van der Waals surface area contributed by atoms with Gasteiger partial charge in [-0.2, -0.15) is 0 Å². The minimum Gasteiger partial charge on any atom is -0.479 e. The highest BCUT2D eigenvalue weighted by Crippen LogP contribution is 2.04. The molecule has 0 aliphatic carbocycles. The lowest BCUT2D eigenvalue weighted by molar-refractivity contribution is -0.163. The minimum absolute atomic E-state index is 0.102. The molecule has 0 aliphatic heterocycles. The Morgan fingerprint density at radius 1 is 1.31 bits per heavy atom. The first kappa shape index (κ1) is 12.2. The second-order valence-electron chi connectivity index (χ2n) is 3.39. The number of esters is 1. The summed E-state index contributed by atoms with van der Waals surface area (Å²) in [5.41, 5.74) is 0.813. The molecular formula is C12H14O4. The zero-order valence-corrected chi connectivity index (χ0v) is 9.05. The van der Waals surface area contributed by atoms with E-state index in [-0.39, 0.29) is 12.8 Å². The van der Waals surface area contributed by atoms with Crippen molar-refractivity contribution in [2.75, 3.05) is 0 Å². The molecule has 0 radical (unpaired) electrons. The summed E-state index contributed by atoms with van der Waals surface area (Å²) in [6, 6.07) is 9.07. The molecular weight excluding hydrogens is 208 g/mol. The zero-order chi connectivity index (χ0) is 12.0. The summed E-state index contributed by atoms with van der Waals surface area (Å²) in [6.07, 6.45) is -0.670. The summed E-state index contributed by atoms with van der Waals surface area (Å²) in [5, 5.41) is 8.71. The van der Waals surface area contributed by atoms with Gasteiger partial charge in [0.25, 0.3) is 0 Å². The first-order chi connectivity index (χ1) is 7.63. The molecule has 1 aromatic rings. The van der Waals surface area contributed by atoms with Gasteiger partial charge < -0.3 is 9.84 Å². The van der Waals surface area contributed by atoms with E-state index in [0.29, 0.717) is 0 Å². The van der Waals surface area contributed by atoms with E-state index >= 15 is 0 Å². The Kier molecular flexibility index (Phi) is 4.51. The highest BCUT2D eigenvalue weighted by molar-refractivity contribution is 5.79. The van der Waals surface area contributed by atoms with Crippen LogP contribution in [0.4, 0.5) is 0 Å². The largest absolute Gasteiger partial charge is 0.479 e. The van der Waals surface area contributed by atoms with Crippen LogP contribution in [0.5, 0.6) is 0 Å². The maximum Gasteiger partial charge on any atom is 0.345 e. The molecule has 1 N–H and O–H groups in total. The first-order valence-corrected chi connectivity index (χ1v) is 5.09. The quantitative estimate of drug-likeness (QED) is 0.769. The molecule has 0 aliphatic rings. The van der Waals surface area contributed by atoms with Crippen molar-refractivity contribution in [1.29, 1.82) is 0 Å². The van der Waals surface area contributed by atoms with Gasteiger partial charge in [0.1, 0.15) is 0 Å². The third-order valence-electron chi connectivity index (χ3n) is 2.11. The molecule has 4 nitrogen and oxygen atoms in total. The maximum absolute atomic E-state index is 11.4. The SMILES string of the molecule is CC[C@H](OC(=O)Cc1ccccc1)C(=O)O. The van der Waals surface area contributed by atoms with Crippen LogP contribution < -0.4 is 0 Å². The molecule has 0 amide bonds. The molecule has 1 rings (SSSR count). The summed E-state index contributed by atoms with van der Waals surface area (Å²) in [4.78, 5) is 22.0. The van der Waals surface area contributed by atoms with Crippen LogP contribution >= 0.6 is 0 Å². The van der Waals surface area contributed by atoms with Crippen LogP contribution in [0.2, 0.25) is 0 Å². The van der Waals surface area contributed by atoms with Crippen molar-refractivity contribution in [3.8, 4) is 0 Å². The van der Waals surface area contributed by atoms with E-state index < -0.39 is 18.0 Å². The van der Waals surface area contributed by atoms with E-state index in [0.717, 1.165) is 5.56 Å². The van der Waals surface area contributed by atoms with E-state index in [9.17, 15) is 9.59 Å². The second-order valence-corrected chi connectivity index (χ2v) is 3.39. The van der Waals surface area contributed by atoms with Crippen molar-refractivity contribution in [3.05, 3.63) is 35.9 Å². The van der Waals surface area contributed by atoms with Crippen LogP contribution in [-0.4, -0.2) is 23.1 Å². The Hall–Kier alpha value is -1.84. The predicted octanol–water partition coefficient (Wildman–Crippen LogP) is 1.64. The topological polar surface area (TPSA) is 63.6 Å². The van der Waals surface area contributed by atoms with Crippen LogP contribution in [0, 0.1) is 0 Å². The molecule has 0 heterocycles. The van der Waals surface area contributed by atoms with Gasteiger partial charge in [0.15, 0.2) is 6.10 Å². The molecule has 86 valence electrons. The molecule has 0 unspecified atom stereocenters. The highest BCUT2D eigenvalue weighted by Gasteiger charge is 2.19. The highest BCUT2D eigenvalue weighted by atomic mass is 16.6. The number of carboxylic acids is 1. The Morgan fingerprint density at radius 3 is 2.44 bits per heavy atom. The van der Waals surface area contributed by atoms with Gasteiger partial charge in [0, 0.05) is 0 Å². The van der Waals surface area contributed by atoms with Crippen molar-refractivity contribution in [3.63, 3.8) is 0 Å². The number of carboxylic acid groups (broad SMARTS) is 1. The lowest BCUT2D eigenvalue weighted by Crippen LogP contribution is -2.26. The van der Waals surface area contributed by atoms with Gasteiger partial charge in [-0.05, 0) is 12.0 Å². The summed E-state index contributed by atoms with van der Waals surface area (Å²) in [7, 11) is 0. The molecule has 0 saturated heterocycles. The number of aliphatic carboxylic acids is 1. The third kappa shape index (κ3) is 3.73.